The predicted molar refractivity (Wildman–Crippen MR) is 72.2 cm³/mol. The summed E-state index contributed by atoms with van der Waals surface area (Å²) in [7, 11) is 1.70. The molecule has 2 amide bonds. The zero-order valence-corrected chi connectivity index (χ0v) is 12.4. The van der Waals surface area contributed by atoms with Gasteiger partial charge in [-0.1, -0.05) is 0 Å². The Morgan fingerprint density at radius 3 is 2.76 bits per heavy atom. The second kappa shape index (κ2) is 6.98. The van der Waals surface area contributed by atoms with Crippen LogP contribution in [0.5, 0.6) is 0 Å². The highest BCUT2D eigenvalue weighted by atomic mass is 79.9. The van der Waals surface area contributed by atoms with Crippen LogP contribution in [0.4, 0.5) is 0 Å². The molecule has 0 radical (unpaired) electrons. The normalized spacial score (nSPS) is 10.1. The van der Waals surface area contributed by atoms with Gasteiger partial charge in [-0.2, -0.15) is 0 Å². The van der Waals surface area contributed by atoms with Gasteiger partial charge in [0.1, 0.15) is 5.88 Å². The van der Waals surface area contributed by atoms with Gasteiger partial charge in [0.05, 0.1) is 16.9 Å². The lowest BCUT2D eigenvalue weighted by Crippen LogP contribution is -2.38. The van der Waals surface area contributed by atoms with Crippen LogP contribution in [0.3, 0.4) is 0 Å². The van der Waals surface area contributed by atoms with Gasteiger partial charge < -0.3 is 10.2 Å². The van der Waals surface area contributed by atoms with Gasteiger partial charge in [-0.15, -0.1) is 22.9 Å². The van der Waals surface area contributed by atoms with E-state index in [1.165, 1.54) is 0 Å². The van der Waals surface area contributed by atoms with Crippen molar-refractivity contribution in [1.82, 2.24) is 10.2 Å². The second-order valence-electron chi connectivity index (χ2n) is 3.37. The predicted octanol–water partition coefficient (Wildman–Crippen LogP) is 1.82. The van der Waals surface area contributed by atoms with E-state index >= 15 is 0 Å². The Hall–Kier alpha value is -0.590. The van der Waals surface area contributed by atoms with Gasteiger partial charge in [0, 0.05) is 11.9 Å². The van der Waals surface area contributed by atoms with E-state index in [9.17, 15) is 9.59 Å². The first kappa shape index (κ1) is 14.5. The molecule has 0 unspecified atom stereocenters. The molecular formula is C10H12BrClN2O2S. The number of alkyl halides is 1. The average molecular weight is 340 g/mol. The Kier molecular flexibility index (Phi) is 5.94. The Bertz CT molecular complexity index is 411. The minimum absolute atomic E-state index is 0.0192. The molecule has 0 saturated heterocycles. The van der Waals surface area contributed by atoms with E-state index in [0.717, 1.165) is 8.66 Å². The summed E-state index contributed by atoms with van der Waals surface area (Å²) >= 11 is 10.2. The molecule has 1 N–H and O–H groups in total. The summed E-state index contributed by atoms with van der Waals surface area (Å²) in [6.07, 6.45) is 0. The fourth-order valence-corrected chi connectivity index (χ4v) is 2.75. The fraction of sp³-hybridized carbons (Fsp3) is 0.400. The Labute approximate surface area is 117 Å². The number of halogens is 2. The maximum atomic E-state index is 11.6. The van der Waals surface area contributed by atoms with Crippen LogP contribution >= 0.6 is 38.9 Å². The van der Waals surface area contributed by atoms with Gasteiger partial charge in [-0.05, 0) is 28.1 Å². The summed E-state index contributed by atoms with van der Waals surface area (Å²) < 4.78 is 1.03. The van der Waals surface area contributed by atoms with Gasteiger partial charge in [0.25, 0.3) is 0 Å². The van der Waals surface area contributed by atoms with E-state index in [0.29, 0.717) is 6.54 Å². The number of carbonyl (C=O) groups excluding carboxylic acids is 2. The van der Waals surface area contributed by atoms with Crippen LogP contribution in [-0.2, 0) is 16.1 Å². The SMILES string of the molecule is CN(Cc1ccc(Br)s1)C(=O)CNC(=O)CCl. The number of amides is 2. The third kappa shape index (κ3) is 5.06. The lowest BCUT2D eigenvalue weighted by Gasteiger charge is -2.16. The van der Waals surface area contributed by atoms with Crippen molar-refractivity contribution in [1.29, 1.82) is 0 Å². The molecule has 1 aromatic heterocycles. The minimum Gasteiger partial charge on any atom is -0.346 e. The summed E-state index contributed by atoms with van der Waals surface area (Å²) in [5, 5.41) is 2.44. The van der Waals surface area contributed by atoms with Crippen molar-refractivity contribution in [2.45, 2.75) is 6.54 Å². The molecule has 0 aliphatic heterocycles. The Morgan fingerprint density at radius 1 is 1.53 bits per heavy atom. The molecule has 0 bridgehead atoms. The number of carbonyl (C=O) groups is 2. The standard InChI is InChI=1S/C10H12BrClN2O2S/c1-14(6-7-2-3-8(11)17-7)10(16)5-13-9(15)4-12/h2-3H,4-6H2,1H3,(H,13,15). The summed E-state index contributed by atoms with van der Waals surface area (Å²) in [6.45, 7) is 0.514. The average Bonchev–Trinajstić information content (AvgIpc) is 2.70. The van der Waals surface area contributed by atoms with Gasteiger partial charge in [-0.3, -0.25) is 9.59 Å². The number of hydrogen-bond acceptors (Lipinski definition) is 3. The van der Waals surface area contributed by atoms with Crippen molar-refractivity contribution in [2.24, 2.45) is 0 Å². The molecule has 0 aromatic carbocycles. The van der Waals surface area contributed by atoms with Gasteiger partial charge in [-0.25, -0.2) is 0 Å². The number of hydrogen-bond donors (Lipinski definition) is 1. The van der Waals surface area contributed by atoms with Gasteiger partial charge in [0.15, 0.2) is 0 Å². The first-order valence-corrected chi connectivity index (χ1v) is 6.98. The fourth-order valence-electron chi connectivity index (χ4n) is 1.12. The molecule has 0 fully saturated rings. The van der Waals surface area contributed by atoms with Gasteiger partial charge in [0.2, 0.25) is 11.8 Å². The molecule has 17 heavy (non-hydrogen) atoms. The van der Waals surface area contributed by atoms with Crippen LogP contribution in [0.25, 0.3) is 0 Å². The third-order valence-electron chi connectivity index (χ3n) is 2.01. The molecule has 7 heteroatoms. The zero-order chi connectivity index (χ0) is 12.8. The number of nitrogens with zero attached hydrogens (tertiary/aromatic N) is 1. The topological polar surface area (TPSA) is 49.4 Å². The van der Waals surface area contributed by atoms with Crippen molar-refractivity contribution in [3.8, 4) is 0 Å². The lowest BCUT2D eigenvalue weighted by atomic mass is 10.4. The highest BCUT2D eigenvalue weighted by Gasteiger charge is 2.11. The van der Waals surface area contributed by atoms with E-state index in [1.807, 2.05) is 12.1 Å². The van der Waals surface area contributed by atoms with Crippen molar-refractivity contribution in [2.75, 3.05) is 19.5 Å². The Morgan fingerprint density at radius 2 is 2.24 bits per heavy atom. The van der Waals surface area contributed by atoms with Crippen molar-refractivity contribution < 1.29 is 9.59 Å². The monoisotopic (exact) mass is 338 g/mol. The molecule has 1 rings (SSSR count). The van der Waals surface area contributed by atoms with E-state index in [-0.39, 0.29) is 24.2 Å². The molecule has 4 nitrogen and oxygen atoms in total. The molecule has 0 spiro atoms. The smallest absolute Gasteiger partial charge is 0.242 e. The second-order valence-corrected chi connectivity index (χ2v) is 6.18. The summed E-state index contributed by atoms with van der Waals surface area (Å²) in [5.74, 6) is -0.616. The summed E-state index contributed by atoms with van der Waals surface area (Å²) in [6, 6.07) is 3.89. The van der Waals surface area contributed by atoms with Gasteiger partial charge >= 0.3 is 0 Å². The van der Waals surface area contributed by atoms with Crippen LogP contribution in [0.1, 0.15) is 4.88 Å². The van der Waals surface area contributed by atoms with E-state index in [1.54, 1.807) is 23.3 Å². The zero-order valence-electron chi connectivity index (χ0n) is 9.20. The first-order chi connectivity index (χ1) is 8.02. The van der Waals surface area contributed by atoms with Crippen LogP contribution < -0.4 is 5.32 Å². The molecule has 0 saturated carbocycles. The number of likely N-dealkylation sites (N-methyl/N-ethyl adjacent to an activating group) is 1. The van der Waals surface area contributed by atoms with Crippen LogP contribution in [0.2, 0.25) is 0 Å². The highest BCUT2D eigenvalue weighted by Crippen LogP contribution is 2.22. The summed E-state index contributed by atoms with van der Waals surface area (Å²) in [5.41, 5.74) is 0. The lowest BCUT2D eigenvalue weighted by molar-refractivity contribution is -0.131. The largest absolute Gasteiger partial charge is 0.346 e. The number of thiophene rings is 1. The van der Waals surface area contributed by atoms with Crippen molar-refractivity contribution in [3.05, 3.63) is 20.8 Å². The van der Waals surface area contributed by atoms with Crippen LogP contribution in [0.15, 0.2) is 15.9 Å². The van der Waals surface area contributed by atoms with Crippen LogP contribution in [-0.4, -0.2) is 36.2 Å². The minimum atomic E-state index is -0.340. The number of nitrogens with one attached hydrogen (secondary N) is 1. The van der Waals surface area contributed by atoms with Crippen molar-refractivity contribution >= 4 is 50.7 Å². The molecule has 1 heterocycles. The number of rotatable bonds is 5. The molecule has 94 valence electrons. The Balaban J connectivity index is 2.39. The maximum Gasteiger partial charge on any atom is 0.242 e. The van der Waals surface area contributed by atoms with E-state index < -0.39 is 0 Å². The maximum absolute atomic E-state index is 11.6. The first-order valence-electron chi connectivity index (χ1n) is 4.83. The third-order valence-corrected chi connectivity index (χ3v) is 3.86. The molecule has 0 atom stereocenters. The molecular weight excluding hydrogens is 328 g/mol. The van der Waals surface area contributed by atoms with Crippen molar-refractivity contribution in [3.63, 3.8) is 0 Å². The quantitative estimate of drug-likeness (QED) is 0.832. The van der Waals surface area contributed by atoms with E-state index in [2.05, 4.69) is 21.2 Å². The van der Waals surface area contributed by atoms with E-state index in [4.69, 9.17) is 11.6 Å². The molecule has 1 aromatic rings. The van der Waals surface area contributed by atoms with Crippen LogP contribution in [0, 0.1) is 0 Å². The molecule has 0 aliphatic carbocycles. The summed E-state index contributed by atoms with van der Waals surface area (Å²) in [4.78, 5) is 25.2. The highest BCUT2D eigenvalue weighted by molar-refractivity contribution is 9.11. The molecule has 0 aliphatic rings.